The Morgan fingerprint density at radius 2 is 2.03 bits per heavy atom. The number of ether oxygens (including phenoxy) is 1. The summed E-state index contributed by atoms with van der Waals surface area (Å²) < 4.78 is 8.21. The number of rotatable bonds is 1. The number of aromatic nitrogens is 1. The number of amides is 1. The molecular weight excluding hydrogens is 434 g/mol. The Hall–Kier alpha value is -1.67. The Kier molecular flexibility index (Phi) is 5.49. The van der Waals surface area contributed by atoms with Gasteiger partial charge in [0.2, 0.25) is 0 Å². The van der Waals surface area contributed by atoms with E-state index in [0.29, 0.717) is 12.5 Å². The van der Waals surface area contributed by atoms with Crippen molar-refractivity contribution in [3.8, 4) is 0 Å². The molecule has 1 N–H and O–H groups in total. The average Bonchev–Trinajstić information content (AvgIpc) is 3.21. The van der Waals surface area contributed by atoms with Gasteiger partial charge in [0.1, 0.15) is 0 Å². The van der Waals surface area contributed by atoms with Gasteiger partial charge in [-0.15, -0.1) is 23.7 Å². The van der Waals surface area contributed by atoms with Gasteiger partial charge in [-0.3, -0.25) is 9.59 Å². The summed E-state index contributed by atoms with van der Waals surface area (Å²) in [6.07, 6.45) is 3.93. The van der Waals surface area contributed by atoms with Crippen LogP contribution < -0.4 is 10.9 Å². The quantitative estimate of drug-likeness (QED) is 0.709. The summed E-state index contributed by atoms with van der Waals surface area (Å²) in [6.45, 7) is 4.84. The van der Waals surface area contributed by atoms with Crippen LogP contribution in [0.4, 0.5) is 0 Å². The number of nitrogens with zero attached hydrogens (tertiary/aromatic N) is 2. The highest BCUT2D eigenvalue weighted by Crippen LogP contribution is 2.44. The zero-order chi connectivity index (χ0) is 20.3. The van der Waals surface area contributed by atoms with Gasteiger partial charge in [0.15, 0.2) is 0 Å². The van der Waals surface area contributed by atoms with E-state index in [1.807, 2.05) is 15.5 Å². The molecule has 0 unspecified atom stereocenters. The van der Waals surface area contributed by atoms with E-state index in [9.17, 15) is 9.59 Å². The maximum absolute atomic E-state index is 13.5. The highest BCUT2D eigenvalue weighted by molar-refractivity contribution is 7.14. The average molecular weight is 462 g/mol. The number of nitrogens with one attached hydrogen (secondary N) is 1. The lowest BCUT2D eigenvalue weighted by molar-refractivity contribution is -0.0792. The molecule has 0 saturated carbocycles. The maximum Gasteiger partial charge on any atom is 0.263 e. The molecule has 1 spiro atoms. The topological polar surface area (TPSA) is 63.6 Å². The zero-order valence-corrected chi connectivity index (χ0v) is 19.1. The molecule has 0 aromatic carbocycles. The lowest BCUT2D eigenvalue weighted by atomic mass is 9.82. The second-order valence-corrected chi connectivity index (χ2v) is 10.3. The number of hydrogen-bond acceptors (Lipinski definition) is 5. The minimum atomic E-state index is -0.202. The standard InChI is InChI=1S/C23H27N3O3S.ClH/c27-21-3-1-2-18-16-10-15(13-26(18)21)12-25(14-16)22(28)20-11-17-19(30-20)4-9-29-23(17)5-7-24-8-6-23;/h1-3,11,15-16,24H,4-10,12-14H2;1H/t15-,16+;/m0./s1. The van der Waals surface area contributed by atoms with E-state index in [1.165, 1.54) is 10.4 Å². The van der Waals surface area contributed by atoms with Gasteiger partial charge in [-0.1, -0.05) is 6.07 Å². The van der Waals surface area contributed by atoms with Crippen LogP contribution in [0.25, 0.3) is 0 Å². The molecule has 166 valence electrons. The van der Waals surface area contributed by atoms with E-state index in [-0.39, 0.29) is 35.4 Å². The summed E-state index contributed by atoms with van der Waals surface area (Å²) in [5.74, 6) is 0.762. The third kappa shape index (κ3) is 3.46. The summed E-state index contributed by atoms with van der Waals surface area (Å²) in [6, 6.07) is 7.68. The zero-order valence-electron chi connectivity index (χ0n) is 17.5. The van der Waals surface area contributed by atoms with E-state index in [0.717, 1.165) is 69.0 Å². The smallest absolute Gasteiger partial charge is 0.263 e. The minimum Gasteiger partial charge on any atom is -0.370 e. The van der Waals surface area contributed by atoms with Crippen molar-refractivity contribution in [3.63, 3.8) is 0 Å². The van der Waals surface area contributed by atoms with Gasteiger partial charge in [0.05, 0.1) is 17.1 Å². The number of halogens is 1. The lowest BCUT2D eigenvalue weighted by Crippen LogP contribution is -2.49. The molecule has 2 aromatic heterocycles. The van der Waals surface area contributed by atoms with E-state index in [2.05, 4.69) is 17.4 Å². The number of fused-ring (bicyclic) bond motifs is 6. The Morgan fingerprint density at radius 3 is 2.87 bits per heavy atom. The van der Waals surface area contributed by atoms with Crippen molar-refractivity contribution < 1.29 is 9.53 Å². The van der Waals surface area contributed by atoms with Gasteiger partial charge in [0, 0.05) is 48.6 Å². The number of thiophene rings is 1. The third-order valence-corrected chi connectivity index (χ3v) is 8.58. The van der Waals surface area contributed by atoms with Crippen LogP contribution in [-0.4, -0.2) is 48.2 Å². The first-order valence-electron chi connectivity index (χ1n) is 11.1. The number of carbonyl (C=O) groups excluding carboxylic acids is 1. The molecule has 8 heteroatoms. The predicted octanol–water partition coefficient (Wildman–Crippen LogP) is 2.74. The Morgan fingerprint density at radius 1 is 1.19 bits per heavy atom. The van der Waals surface area contributed by atoms with Gasteiger partial charge in [-0.2, -0.15) is 0 Å². The molecule has 6 heterocycles. The largest absolute Gasteiger partial charge is 0.370 e. The number of likely N-dealkylation sites (tertiary alicyclic amines) is 1. The second kappa shape index (κ2) is 8.03. The summed E-state index contributed by atoms with van der Waals surface area (Å²) in [5.41, 5.74) is 2.23. The maximum atomic E-state index is 13.5. The van der Waals surface area contributed by atoms with E-state index in [1.54, 1.807) is 17.4 Å². The fourth-order valence-electron chi connectivity index (χ4n) is 5.98. The van der Waals surface area contributed by atoms with E-state index >= 15 is 0 Å². The van der Waals surface area contributed by atoms with Crippen LogP contribution in [0.2, 0.25) is 0 Å². The first kappa shape index (κ1) is 21.2. The summed E-state index contributed by atoms with van der Waals surface area (Å²) in [4.78, 5) is 30.0. The summed E-state index contributed by atoms with van der Waals surface area (Å²) >= 11 is 1.67. The summed E-state index contributed by atoms with van der Waals surface area (Å²) in [5, 5.41) is 3.43. The molecule has 0 aliphatic carbocycles. The van der Waals surface area contributed by atoms with Gasteiger partial charge in [0.25, 0.3) is 11.5 Å². The number of piperidine rings is 2. The van der Waals surface area contributed by atoms with Gasteiger partial charge >= 0.3 is 0 Å². The van der Waals surface area contributed by atoms with Gasteiger partial charge in [-0.25, -0.2) is 0 Å². The number of carbonyl (C=O) groups is 1. The molecule has 6 nitrogen and oxygen atoms in total. The Labute approximate surface area is 192 Å². The molecule has 1 amide bonds. The molecule has 4 aliphatic rings. The van der Waals surface area contributed by atoms with Crippen molar-refractivity contribution >= 4 is 29.7 Å². The second-order valence-electron chi connectivity index (χ2n) is 9.20. The first-order chi connectivity index (χ1) is 14.6. The van der Waals surface area contributed by atoms with Crippen molar-refractivity contribution in [2.75, 3.05) is 32.8 Å². The predicted molar refractivity (Wildman–Crippen MR) is 122 cm³/mol. The Bertz CT molecular complexity index is 1060. The molecule has 6 rings (SSSR count). The van der Waals surface area contributed by atoms with Crippen LogP contribution in [0.1, 0.15) is 51.0 Å². The molecule has 4 aliphatic heterocycles. The van der Waals surface area contributed by atoms with Crippen LogP contribution in [-0.2, 0) is 23.3 Å². The van der Waals surface area contributed by atoms with Crippen LogP contribution in [0.3, 0.4) is 0 Å². The van der Waals surface area contributed by atoms with Gasteiger partial charge in [-0.05, 0) is 56.0 Å². The highest BCUT2D eigenvalue weighted by Gasteiger charge is 2.42. The Balaban J connectivity index is 0.00000204. The normalized spacial score (nSPS) is 26.0. The van der Waals surface area contributed by atoms with E-state index < -0.39 is 0 Å². The van der Waals surface area contributed by atoms with Crippen molar-refractivity contribution in [1.29, 1.82) is 0 Å². The van der Waals surface area contributed by atoms with Crippen molar-refractivity contribution in [2.45, 2.75) is 43.7 Å². The van der Waals surface area contributed by atoms with Crippen LogP contribution in [0.5, 0.6) is 0 Å². The van der Waals surface area contributed by atoms with Crippen molar-refractivity contribution in [2.24, 2.45) is 5.92 Å². The highest BCUT2D eigenvalue weighted by atomic mass is 35.5. The fourth-order valence-corrected chi connectivity index (χ4v) is 7.18. The van der Waals surface area contributed by atoms with E-state index in [4.69, 9.17) is 4.74 Å². The summed E-state index contributed by atoms with van der Waals surface area (Å²) in [7, 11) is 0. The number of hydrogen-bond donors (Lipinski definition) is 1. The first-order valence-corrected chi connectivity index (χ1v) is 11.9. The molecule has 2 saturated heterocycles. The molecule has 31 heavy (non-hydrogen) atoms. The molecule has 0 radical (unpaired) electrons. The minimum absolute atomic E-state index is 0. The van der Waals surface area contributed by atoms with Crippen molar-refractivity contribution in [3.05, 3.63) is 55.6 Å². The molecule has 2 aromatic rings. The molecule has 2 fully saturated rings. The van der Waals surface area contributed by atoms with Crippen molar-refractivity contribution in [1.82, 2.24) is 14.8 Å². The van der Waals surface area contributed by atoms with Crippen LogP contribution in [0, 0.1) is 5.92 Å². The monoisotopic (exact) mass is 461 g/mol. The lowest BCUT2D eigenvalue weighted by Gasteiger charge is -2.42. The van der Waals surface area contributed by atoms with Gasteiger partial charge < -0.3 is 19.5 Å². The SMILES string of the molecule is Cl.O=C(c1cc2c(s1)CCOC21CCNCC1)N1C[C@@H]2C[C@H](C1)c1cccc(=O)n1C2. The van der Waals surface area contributed by atoms with Crippen LogP contribution >= 0.6 is 23.7 Å². The molecule has 2 atom stereocenters. The molecular formula is C23H28ClN3O3S. The fraction of sp³-hybridized carbons (Fsp3) is 0.565. The van der Waals surface area contributed by atoms with Crippen LogP contribution in [0.15, 0.2) is 29.1 Å². The molecule has 2 bridgehead atoms. The third-order valence-electron chi connectivity index (χ3n) is 7.40. The number of pyridine rings is 1.